The van der Waals surface area contributed by atoms with Crippen LogP contribution in [0.25, 0.3) is 10.9 Å². The first-order chi connectivity index (χ1) is 6.22. The standard InChI is InChI=1S/C10H7BrN2/c1-6-8-4-7(11)2-3-9(8)13-10(6)5-12/h2-4,13H,1H3. The van der Waals surface area contributed by atoms with Gasteiger partial charge in [0.05, 0.1) is 0 Å². The third-order valence-corrected chi connectivity index (χ3v) is 2.63. The van der Waals surface area contributed by atoms with Gasteiger partial charge in [0.1, 0.15) is 11.8 Å². The predicted octanol–water partition coefficient (Wildman–Crippen LogP) is 3.11. The number of fused-ring (bicyclic) bond motifs is 1. The molecular weight excluding hydrogens is 228 g/mol. The molecule has 2 aromatic rings. The monoisotopic (exact) mass is 234 g/mol. The molecule has 1 heterocycles. The summed E-state index contributed by atoms with van der Waals surface area (Å²) in [5, 5.41) is 9.90. The van der Waals surface area contributed by atoms with Gasteiger partial charge in [-0.2, -0.15) is 5.26 Å². The lowest BCUT2D eigenvalue weighted by molar-refractivity contribution is 1.33. The highest BCUT2D eigenvalue weighted by Crippen LogP contribution is 2.24. The number of nitriles is 1. The van der Waals surface area contributed by atoms with Crippen LogP contribution in [0.5, 0.6) is 0 Å². The summed E-state index contributed by atoms with van der Waals surface area (Å²) in [6.07, 6.45) is 0. The Morgan fingerprint density at radius 2 is 2.23 bits per heavy atom. The van der Waals surface area contributed by atoms with Gasteiger partial charge in [-0.25, -0.2) is 0 Å². The minimum Gasteiger partial charge on any atom is -0.346 e. The Labute approximate surface area is 84.3 Å². The smallest absolute Gasteiger partial charge is 0.121 e. The van der Waals surface area contributed by atoms with E-state index in [1.54, 1.807) is 0 Å². The molecule has 1 aromatic heterocycles. The van der Waals surface area contributed by atoms with Gasteiger partial charge < -0.3 is 4.98 Å². The average Bonchev–Trinajstić information content (AvgIpc) is 2.44. The number of rotatable bonds is 0. The third-order valence-electron chi connectivity index (χ3n) is 2.13. The zero-order chi connectivity index (χ0) is 9.42. The number of H-pyrrole nitrogens is 1. The number of halogens is 1. The molecule has 0 saturated heterocycles. The molecule has 2 nitrogen and oxygen atoms in total. The molecule has 0 aliphatic rings. The number of nitrogens with one attached hydrogen (secondary N) is 1. The molecule has 3 heteroatoms. The second kappa shape index (κ2) is 2.90. The highest BCUT2D eigenvalue weighted by Gasteiger charge is 2.06. The topological polar surface area (TPSA) is 39.6 Å². The van der Waals surface area contributed by atoms with Gasteiger partial charge in [-0.15, -0.1) is 0 Å². The largest absolute Gasteiger partial charge is 0.346 e. The molecule has 0 spiro atoms. The van der Waals surface area contributed by atoms with E-state index in [-0.39, 0.29) is 0 Å². The van der Waals surface area contributed by atoms with Gasteiger partial charge in [0, 0.05) is 15.4 Å². The summed E-state index contributed by atoms with van der Waals surface area (Å²) in [5.74, 6) is 0. The van der Waals surface area contributed by atoms with Crippen LogP contribution in [0.4, 0.5) is 0 Å². The molecule has 1 aromatic carbocycles. The Kier molecular flexibility index (Phi) is 1.86. The summed E-state index contributed by atoms with van der Waals surface area (Å²) in [6, 6.07) is 8.07. The van der Waals surface area contributed by atoms with Crippen LogP contribution in [0.1, 0.15) is 11.3 Å². The van der Waals surface area contributed by atoms with Gasteiger partial charge >= 0.3 is 0 Å². The average molecular weight is 235 g/mol. The quantitative estimate of drug-likeness (QED) is 0.748. The van der Waals surface area contributed by atoms with E-state index >= 15 is 0 Å². The fourth-order valence-electron chi connectivity index (χ4n) is 1.41. The Bertz CT molecular complexity index is 505. The van der Waals surface area contributed by atoms with Crippen molar-refractivity contribution in [1.29, 1.82) is 5.26 Å². The molecule has 0 atom stereocenters. The van der Waals surface area contributed by atoms with Crippen LogP contribution < -0.4 is 0 Å². The van der Waals surface area contributed by atoms with E-state index in [4.69, 9.17) is 5.26 Å². The second-order valence-electron chi connectivity index (χ2n) is 2.93. The van der Waals surface area contributed by atoms with Crippen LogP contribution in [0.3, 0.4) is 0 Å². The highest BCUT2D eigenvalue weighted by atomic mass is 79.9. The highest BCUT2D eigenvalue weighted by molar-refractivity contribution is 9.10. The fraction of sp³-hybridized carbons (Fsp3) is 0.100. The molecule has 0 aliphatic carbocycles. The second-order valence-corrected chi connectivity index (χ2v) is 3.84. The zero-order valence-electron chi connectivity index (χ0n) is 7.06. The van der Waals surface area contributed by atoms with Crippen molar-refractivity contribution in [1.82, 2.24) is 4.98 Å². The van der Waals surface area contributed by atoms with Gasteiger partial charge in [0.2, 0.25) is 0 Å². The van der Waals surface area contributed by atoms with Gasteiger partial charge in [-0.05, 0) is 30.7 Å². The SMILES string of the molecule is Cc1c(C#N)[nH]c2ccc(Br)cc12. The van der Waals surface area contributed by atoms with Crippen molar-refractivity contribution >= 4 is 26.8 Å². The minimum absolute atomic E-state index is 0.646. The summed E-state index contributed by atoms with van der Waals surface area (Å²) < 4.78 is 1.03. The number of hydrogen-bond acceptors (Lipinski definition) is 1. The molecule has 0 amide bonds. The van der Waals surface area contributed by atoms with E-state index in [2.05, 4.69) is 27.0 Å². The molecular formula is C10H7BrN2. The maximum atomic E-state index is 8.80. The molecule has 13 heavy (non-hydrogen) atoms. The Hall–Kier alpha value is -1.27. The first-order valence-electron chi connectivity index (χ1n) is 3.90. The summed E-state index contributed by atoms with van der Waals surface area (Å²) in [5.41, 5.74) is 2.67. The molecule has 64 valence electrons. The number of nitrogens with zero attached hydrogens (tertiary/aromatic N) is 1. The van der Waals surface area contributed by atoms with Crippen LogP contribution in [0, 0.1) is 18.3 Å². The molecule has 1 N–H and O–H groups in total. The van der Waals surface area contributed by atoms with Gasteiger partial charge in [-0.3, -0.25) is 0 Å². The van der Waals surface area contributed by atoms with Crippen molar-refractivity contribution in [2.45, 2.75) is 6.92 Å². The number of hydrogen-bond donors (Lipinski definition) is 1. The number of benzene rings is 1. The van der Waals surface area contributed by atoms with Crippen molar-refractivity contribution in [3.05, 3.63) is 33.9 Å². The lowest BCUT2D eigenvalue weighted by Gasteiger charge is -1.91. The first kappa shape index (κ1) is 8.33. The van der Waals surface area contributed by atoms with Crippen LogP contribution in [-0.2, 0) is 0 Å². The van der Waals surface area contributed by atoms with Crippen LogP contribution in [0.15, 0.2) is 22.7 Å². The van der Waals surface area contributed by atoms with Crippen LogP contribution in [-0.4, -0.2) is 4.98 Å². The number of aromatic amines is 1. The molecule has 0 unspecified atom stereocenters. The molecule has 0 aliphatic heterocycles. The van der Waals surface area contributed by atoms with E-state index in [0.717, 1.165) is 20.9 Å². The lowest BCUT2D eigenvalue weighted by Crippen LogP contribution is -1.74. The van der Waals surface area contributed by atoms with E-state index in [0.29, 0.717) is 5.69 Å². The molecule has 0 bridgehead atoms. The molecule has 0 fully saturated rings. The minimum atomic E-state index is 0.646. The molecule has 2 rings (SSSR count). The third kappa shape index (κ3) is 1.24. The zero-order valence-corrected chi connectivity index (χ0v) is 8.64. The maximum absolute atomic E-state index is 8.80. The number of aryl methyl sites for hydroxylation is 1. The van der Waals surface area contributed by atoms with Crippen molar-refractivity contribution < 1.29 is 0 Å². The Morgan fingerprint density at radius 3 is 2.92 bits per heavy atom. The first-order valence-corrected chi connectivity index (χ1v) is 4.69. The van der Waals surface area contributed by atoms with Gasteiger partial charge in [0.15, 0.2) is 0 Å². The van der Waals surface area contributed by atoms with Crippen molar-refractivity contribution in [2.75, 3.05) is 0 Å². The van der Waals surface area contributed by atoms with E-state index < -0.39 is 0 Å². The summed E-state index contributed by atoms with van der Waals surface area (Å²) in [7, 11) is 0. The molecule has 0 radical (unpaired) electrons. The fourth-order valence-corrected chi connectivity index (χ4v) is 1.77. The Balaban J connectivity index is 2.87. The summed E-state index contributed by atoms with van der Waals surface area (Å²) >= 11 is 3.40. The van der Waals surface area contributed by atoms with Crippen molar-refractivity contribution in [3.8, 4) is 6.07 Å². The maximum Gasteiger partial charge on any atom is 0.121 e. The van der Waals surface area contributed by atoms with Gasteiger partial charge in [-0.1, -0.05) is 15.9 Å². The predicted molar refractivity (Wildman–Crippen MR) is 55.5 cm³/mol. The summed E-state index contributed by atoms with van der Waals surface area (Å²) in [4.78, 5) is 3.06. The number of aromatic nitrogens is 1. The van der Waals surface area contributed by atoms with E-state index in [1.165, 1.54) is 0 Å². The van der Waals surface area contributed by atoms with Crippen molar-refractivity contribution in [3.63, 3.8) is 0 Å². The van der Waals surface area contributed by atoms with E-state index in [9.17, 15) is 0 Å². The Morgan fingerprint density at radius 1 is 1.46 bits per heavy atom. The lowest BCUT2D eigenvalue weighted by atomic mass is 10.1. The van der Waals surface area contributed by atoms with Crippen LogP contribution >= 0.6 is 15.9 Å². The molecule has 0 saturated carbocycles. The van der Waals surface area contributed by atoms with Crippen LogP contribution in [0.2, 0.25) is 0 Å². The van der Waals surface area contributed by atoms with Crippen molar-refractivity contribution in [2.24, 2.45) is 0 Å². The van der Waals surface area contributed by atoms with Gasteiger partial charge in [0.25, 0.3) is 0 Å². The van der Waals surface area contributed by atoms with E-state index in [1.807, 2.05) is 25.1 Å². The summed E-state index contributed by atoms with van der Waals surface area (Å²) in [6.45, 7) is 1.95. The normalized spacial score (nSPS) is 10.2.